The first-order chi connectivity index (χ1) is 13.6. The minimum absolute atomic E-state index is 0.270. The van der Waals surface area contributed by atoms with Gasteiger partial charge in [-0.15, -0.1) is 0 Å². The fraction of sp³-hybridized carbons (Fsp3) is 0.273. The molecule has 1 aliphatic heterocycles. The molecular formula is C22H24N2O4. The van der Waals surface area contributed by atoms with E-state index >= 15 is 0 Å². The van der Waals surface area contributed by atoms with Crippen molar-refractivity contribution in [2.45, 2.75) is 32.9 Å². The van der Waals surface area contributed by atoms with Gasteiger partial charge in [0, 0.05) is 5.70 Å². The third kappa shape index (κ3) is 4.52. The highest BCUT2D eigenvalue weighted by atomic mass is 16.5. The van der Waals surface area contributed by atoms with Crippen molar-refractivity contribution in [3.8, 4) is 5.75 Å². The molecule has 0 aliphatic carbocycles. The van der Waals surface area contributed by atoms with Crippen molar-refractivity contribution in [2.24, 2.45) is 0 Å². The molecule has 2 aromatic rings. The fourth-order valence-electron chi connectivity index (χ4n) is 3.09. The summed E-state index contributed by atoms with van der Waals surface area (Å²) < 4.78 is 11.0. The molecule has 3 rings (SSSR count). The molecule has 0 spiro atoms. The summed E-state index contributed by atoms with van der Waals surface area (Å²) in [6, 6.07) is 16.4. The first kappa shape index (κ1) is 19.5. The van der Waals surface area contributed by atoms with Gasteiger partial charge in [-0.05, 0) is 36.6 Å². The van der Waals surface area contributed by atoms with Crippen LogP contribution >= 0.6 is 0 Å². The second-order valence-corrected chi connectivity index (χ2v) is 6.34. The number of benzene rings is 2. The Morgan fingerprint density at radius 1 is 1.04 bits per heavy atom. The van der Waals surface area contributed by atoms with Crippen LogP contribution in [0.15, 0.2) is 65.9 Å². The van der Waals surface area contributed by atoms with Crippen LogP contribution in [-0.4, -0.2) is 18.6 Å². The molecule has 1 unspecified atom stereocenters. The zero-order valence-corrected chi connectivity index (χ0v) is 16.0. The lowest BCUT2D eigenvalue weighted by molar-refractivity contribution is -0.139. The number of hydrogen-bond acceptors (Lipinski definition) is 4. The molecule has 146 valence electrons. The summed E-state index contributed by atoms with van der Waals surface area (Å²) in [5, 5.41) is 5.52. The maximum atomic E-state index is 12.5. The largest absolute Gasteiger partial charge is 0.489 e. The van der Waals surface area contributed by atoms with Crippen molar-refractivity contribution < 1.29 is 19.1 Å². The van der Waals surface area contributed by atoms with Crippen LogP contribution in [0.3, 0.4) is 0 Å². The normalized spacial score (nSPS) is 16.2. The van der Waals surface area contributed by atoms with E-state index in [4.69, 9.17) is 9.47 Å². The SMILES string of the molecule is CCOC(=O)C1=C(CC)NC(=O)NC1c1ccc(OCc2ccccc2)cc1. The number of esters is 1. The van der Waals surface area contributed by atoms with E-state index in [2.05, 4.69) is 10.6 Å². The molecule has 2 amide bonds. The summed E-state index contributed by atoms with van der Waals surface area (Å²) in [7, 11) is 0. The fourth-order valence-corrected chi connectivity index (χ4v) is 3.09. The molecule has 28 heavy (non-hydrogen) atoms. The zero-order chi connectivity index (χ0) is 19.9. The number of allylic oxidation sites excluding steroid dienone is 1. The van der Waals surface area contributed by atoms with Gasteiger partial charge in [-0.1, -0.05) is 49.4 Å². The van der Waals surface area contributed by atoms with Gasteiger partial charge in [0.25, 0.3) is 0 Å². The van der Waals surface area contributed by atoms with E-state index in [9.17, 15) is 9.59 Å². The van der Waals surface area contributed by atoms with E-state index in [0.29, 0.717) is 30.0 Å². The van der Waals surface area contributed by atoms with Gasteiger partial charge in [-0.2, -0.15) is 0 Å². The van der Waals surface area contributed by atoms with Crippen molar-refractivity contribution in [1.29, 1.82) is 0 Å². The van der Waals surface area contributed by atoms with Gasteiger partial charge < -0.3 is 20.1 Å². The smallest absolute Gasteiger partial charge is 0.338 e. The maximum Gasteiger partial charge on any atom is 0.338 e. The van der Waals surface area contributed by atoms with Crippen molar-refractivity contribution in [3.63, 3.8) is 0 Å². The number of hydrogen-bond donors (Lipinski definition) is 2. The second-order valence-electron chi connectivity index (χ2n) is 6.34. The molecule has 0 bridgehead atoms. The average Bonchev–Trinajstić information content (AvgIpc) is 2.72. The van der Waals surface area contributed by atoms with Crippen LogP contribution in [0.5, 0.6) is 5.75 Å². The van der Waals surface area contributed by atoms with Crippen LogP contribution in [0.1, 0.15) is 37.4 Å². The molecule has 0 radical (unpaired) electrons. The molecule has 6 nitrogen and oxygen atoms in total. The van der Waals surface area contributed by atoms with Gasteiger partial charge in [-0.25, -0.2) is 9.59 Å². The lowest BCUT2D eigenvalue weighted by Gasteiger charge is -2.29. The second kappa shape index (κ2) is 9.08. The van der Waals surface area contributed by atoms with Crippen molar-refractivity contribution >= 4 is 12.0 Å². The Morgan fingerprint density at radius 3 is 2.39 bits per heavy atom. The Bertz CT molecular complexity index is 860. The molecule has 6 heteroatoms. The first-order valence-electron chi connectivity index (χ1n) is 9.36. The topological polar surface area (TPSA) is 76.7 Å². The number of nitrogens with one attached hydrogen (secondary N) is 2. The monoisotopic (exact) mass is 380 g/mol. The summed E-state index contributed by atoms with van der Waals surface area (Å²) in [4.78, 5) is 24.5. The van der Waals surface area contributed by atoms with Crippen LogP contribution in [0.25, 0.3) is 0 Å². The molecule has 2 N–H and O–H groups in total. The predicted molar refractivity (Wildman–Crippen MR) is 106 cm³/mol. The van der Waals surface area contributed by atoms with Gasteiger partial charge in [0.1, 0.15) is 12.4 Å². The molecule has 2 aromatic carbocycles. The predicted octanol–water partition coefficient (Wildman–Crippen LogP) is 3.85. The van der Waals surface area contributed by atoms with Gasteiger partial charge >= 0.3 is 12.0 Å². The maximum absolute atomic E-state index is 12.5. The molecular weight excluding hydrogens is 356 g/mol. The molecule has 1 aliphatic rings. The van der Waals surface area contributed by atoms with Crippen LogP contribution in [-0.2, 0) is 16.1 Å². The Balaban J connectivity index is 1.80. The Morgan fingerprint density at radius 2 is 1.75 bits per heavy atom. The van der Waals surface area contributed by atoms with E-state index in [0.717, 1.165) is 11.1 Å². The minimum Gasteiger partial charge on any atom is -0.489 e. The number of carbonyl (C=O) groups excluding carboxylic acids is 2. The standard InChI is InChI=1S/C22H24N2O4/c1-3-18-19(21(25)27-4-2)20(24-22(26)23-18)16-10-12-17(13-11-16)28-14-15-8-6-5-7-9-15/h5-13,20H,3-4,14H2,1-2H3,(H2,23,24,26). The quantitative estimate of drug-likeness (QED) is 0.716. The number of ether oxygens (including phenoxy) is 2. The Labute approximate surface area is 164 Å². The highest BCUT2D eigenvalue weighted by Gasteiger charge is 2.32. The van der Waals surface area contributed by atoms with E-state index in [1.54, 1.807) is 6.92 Å². The summed E-state index contributed by atoms with van der Waals surface area (Å²) in [5.41, 5.74) is 2.88. The van der Waals surface area contributed by atoms with Gasteiger partial charge in [0.2, 0.25) is 0 Å². The third-order valence-corrected chi connectivity index (χ3v) is 4.46. The third-order valence-electron chi connectivity index (χ3n) is 4.46. The van der Waals surface area contributed by atoms with Gasteiger partial charge in [0.05, 0.1) is 18.2 Å². The van der Waals surface area contributed by atoms with Gasteiger partial charge in [0.15, 0.2) is 0 Å². The average molecular weight is 380 g/mol. The lowest BCUT2D eigenvalue weighted by atomic mass is 9.94. The van der Waals surface area contributed by atoms with Crippen LogP contribution in [0.2, 0.25) is 0 Å². The molecule has 0 aromatic heterocycles. The Kier molecular flexibility index (Phi) is 6.32. The van der Waals surface area contributed by atoms with E-state index < -0.39 is 12.0 Å². The zero-order valence-electron chi connectivity index (χ0n) is 16.0. The summed E-state index contributed by atoms with van der Waals surface area (Å²) in [6.45, 7) is 4.38. The molecule has 1 atom stereocenters. The van der Waals surface area contributed by atoms with Crippen molar-refractivity contribution in [1.82, 2.24) is 10.6 Å². The highest BCUT2D eigenvalue weighted by Crippen LogP contribution is 2.30. The molecule has 0 fully saturated rings. The van der Waals surface area contributed by atoms with E-state index in [-0.39, 0.29) is 12.6 Å². The summed E-state index contributed by atoms with van der Waals surface area (Å²) >= 11 is 0. The number of urea groups is 1. The van der Waals surface area contributed by atoms with Crippen molar-refractivity contribution in [3.05, 3.63) is 77.0 Å². The first-order valence-corrected chi connectivity index (χ1v) is 9.36. The van der Waals surface area contributed by atoms with E-state index in [1.807, 2.05) is 61.5 Å². The summed E-state index contributed by atoms with van der Waals surface area (Å²) in [6.07, 6.45) is 0.524. The van der Waals surface area contributed by atoms with Crippen LogP contribution in [0, 0.1) is 0 Å². The van der Waals surface area contributed by atoms with Crippen molar-refractivity contribution in [2.75, 3.05) is 6.61 Å². The molecule has 0 saturated carbocycles. The number of amides is 2. The number of rotatable bonds is 7. The summed E-state index contributed by atoms with van der Waals surface area (Å²) in [5.74, 6) is 0.284. The number of carbonyl (C=O) groups is 2. The van der Waals surface area contributed by atoms with Gasteiger partial charge in [-0.3, -0.25) is 0 Å². The molecule has 1 heterocycles. The Hall–Kier alpha value is -3.28. The lowest BCUT2D eigenvalue weighted by Crippen LogP contribution is -2.45. The highest BCUT2D eigenvalue weighted by molar-refractivity contribution is 5.95. The molecule has 0 saturated heterocycles. The van der Waals surface area contributed by atoms with Crippen LogP contribution < -0.4 is 15.4 Å². The van der Waals surface area contributed by atoms with E-state index in [1.165, 1.54) is 0 Å². The minimum atomic E-state index is -0.564. The van der Waals surface area contributed by atoms with Crippen LogP contribution in [0.4, 0.5) is 4.79 Å².